The van der Waals surface area contributed by atoms with Crippen LogP contribution in [0, 0.1) is 17.7 Å². The topological polar surface area (TPSA) is 94.1 Å². The maximum atomic E-state index is 13.8. The van der Waals surface area contributed by atoms with Gasteiger partial charge in [0, 0.05) is 5.56 Å². The molecule has 0 bridgehead atoms. The lowest BCUT2D eigenvalue weighted by Crippen LogP contribution is -2.25. The molecule has 0 saturated heterocycles. The maximum Gasteiger partial charge on any atom is 0.411 e. The summed E-state index contributed by atoms with van der Waals surface area (Å²) in [6, 6.07) is 11.3. The summed E-state index contributed by atoms with van der Waals surface area (Å²) in [6.45, 7) is 0.470. The highest BCUT2D eigenvalue weighted by Crippen LogP contribution is 2.37. The van der Waals surface area contributed by atoms with E-state index in [0.717, 1.165) is 25.7 Å². The molecule has 7 nitrogen and oxygen atoms in total. The van der Waals surface area contributed by atoms with Crippen LogP contribution in [0.15, 0.2) is 42.5 Å². The molecule has 8 heteroatoms. The van der Waals surface area contributed by atoms with E-state index < -0.39 is 12.1 Å². The molecule has 1 aliphatic rings. The van der Waals surface area contributed by atoms with Gasteiger partial charge in [-0.05, 0) is 67.3 Å². The van der Waals surface area contributed by atoms with Crippen LogP contribution in [-0.2, 0) is 14.3 Å². The summed E-state index contributed by atoms with van der Waals surface area (Å²) in [5.74, 6) is -0.244. The first-order valence-corrected chi connectivity index (χ1v) is 10.6. The van der Waals surface area contributed by atoms with Crippen LogP contribution in [0.4, 0.5) is 14.9 Å². The highest BCUT2D eigenvalue weighted by atomic mass is 19.1. The number of carbonyl (C=O) groups excluding carboxylic acids is 1. The van der Waals surface area contributed by atoms with Crippen molar-refractivity contribution >= 4 is 17.7 Å². The van der Waals surface area contributed by atoms with Gasteiger partial charge in [-0.3, -0.25) is 5.32 Å². The number of carboxylic acids is 1. The number of anilines is 1. The number of ether oxygens (including phenoxy) is 3. The maximum absolute atomic E-state index is 13.8. The molecule has 2 N–H and O–H groups in total. The van der Waals surface area contributed by atoms with Crippen LogP contribution in [0.5, 0.6) is 5.75 Å². The molecule has 172 valence electrons. The molecule has 1 fully saturated rings. The second-order valence-corrected chi connectivity index (χ2v) is 7.91. The molecular formula is C24H28FNO6. The van der Waals surface area contributed by atoms with Crippen LogP contribution in [-0.4, -0.2) is 44.1 Å². The van der Waals surface area contributed by atoms with Gasteiger partial charge < -0.3 is 19.3 Å². The van der Waals surface area contributed by atoms with Crippen molar-refractivity contribution < 1.29 is 33.3 Å². The number of halogens is 1. The fourth-order valence-corrected chi connectivity index (χ4v) is 3.96. The summed E-state index contributed by atoms with van der Waals surface area (Å²) in [5.41, 5.74) is 1.63. The largest absolute Gasteiger partial charge is 0.496 e. The van der Waals surface area contributed by atoms with Crippen LogP contribution in [0.1, 0.15) is 25.7 Å². The van der Waals surface area contributed by atoms with E-state index in [1.54, 1.807) is 30.3 Å². The normalized spacial score (nSPS) is 18.1. The Hall–Kier alpha value is -3.13. The molecule has 2 aromatic rings. The minimum absolute atomic E-state index is 0.254. The molecule has 0 spiro atoms. The van der Waals surface area contributed by atoms with Crippen molar-refractivity contribution in [2.45, 2.75) is 25.7 Å². The van der Waals surface area contributed by atoms with Gasteiger partial charge in [-0.25, -0.2) is 14.0 Å². The summed E-state index contributed by atoms with van der Waals surface area (Å²) in [6.07, 6.45) is 3.02. The van der Waals surface area contributed by atoms with Crippen molar-refractivity contribution in [3.63, 3.8) is 0 Å². The van der Waals surface area contributed by atoms with E-state index in [-0.39, 0.29) is 18.3 Å². The van der Waals surface area contributed by atoms with Crippen LogP contribution in [0.25, 0.3) is 11.1 Å². The lowest BCUT2D eigenvalue weighted by atomic mass is 9.83. The fraction of sp³-hybridized carbons (Fsp3) is 0.417. The smallest absolute Gasteiger partial charge is 0.411 e. The molecule has 3 rings (SSSR count). The molecule has 1 saturated carbocycles. The zero-order chi connectivity index (χ0) is 22.9. The molecular weight excluding hydrogens is 417 g/mol. The number of aliphatic carboxylic acids is 1. The number of methoxy groups -OCH3 is 1. The van der Waals surface area contributed by atoms with E-state index in [9.17, 15) is 14.0 Å². The average Bonchev–Trinajstić information content (AvgIpc) is 2.78. The third kappa shape index (κ3) is 6.68. The molecule has 32 heavy (non-hydrogen) atoms. The van der Waals surface area contributed by atoms with Crippen molar-refractivity contribution in [1.82, 2.24) is 0 Å². The Balaban J connectivity index is 1.53. The Morgan fingerprint density at radius 2 is 1.75 bits per heavy atom. The SMILES string of the molecule is COc1cccc(NC(=O)OCC2CCC(COCC(=O)O)CC2)c1-c1cccc(F)c1. The first kappa shape index (κ1) is 23.5. The van der Waals surface area contributed by atoms with Crippen molar-refractivity contribution in [3.05, 3.63) is 48.3 Å². The number of hydrogen-bond acceptors (Lipinski definition) is 5. The first-order chi connectivity index (χ1) is 15.5. The number of rotatable bonds is 9. The van der Waals surface area contributed by atoms with E-state index in [2.05, 4.69) is 5.32 Å². The summed E-state index contributed by atoms with van der Waals surface area (Å²) < 4.78 is 29.8. The van der Waals surface area contributed by atoms with Crippen LogP contribution in [0.3, 0.4) is 0 Å². The molecule has 0 aliphatic heterocycles. The average molecular weight is 445 g/mol. The zero-order valence-corrected chi connectivity index (χ0v) is 18.0. The molecule has 1 aliphatic carbocycles. The van der Waals surface area contributed by atoms with Gasteiger partial charge in [-0.1, -0.05) is 18.2 Å². The predicted molar refractivity (Wildman–Crippen MR) is 117 cm³/mol. The molecule has 0 unspecified atom stereocenters. The van der Waals surface area contributed by atoms with Crippen molar-refractivity contribution in [2.24, 2.45) is 11.8 Å². The fourth-order valence-electron chi connectivity index (χ4n) is 3.96. The van der Waals surface area contributed by atoms with E-state index in [1.165, 1.54) is 19.2 Å². The Bertz CT molecular complexity index is 926. The number of amides is 1. The molecule has 0 atom stereocenters. The number of carbonyl (C=O) groups is 2. The van der Waals surface area contributed by atoms with Gasteiger partial charge in [0.1, 0.15) is 18.2 Å². The Kier molecular flexibility index (Phi) is 8.44. The van der Waals surface area contributed by atoms with Gasteiger partial charge in [0.2, 0.25) is 0 Å². The van der Waals surface area contributed by atoms with E-state index in [0.29, 0.717) is 41.7 Å². The number of benzene rings is 2. The van der Waals surface area contributed by atoms with Gasteiger partial charge in [0.15, 0.2) is 0 Å². The van der Waals surface area contributed by atoms with E-state index >= 15 is 0 Å². The van der Waals surface area contributed by atoms with Crippen LogP contribution in [0.2, 0.25) is 0 Å². The lowest BCUT2D eigenvalue weighted by molar-refractivity contribution is -0.142. The van der Waals surface area contributed by atoms with Crippen molar-refractivity contribution in [3.8, 4) is 16.9 Å². The lowest BCUT2D eigenvalue weighted by Gasteiger charge is -2.27. The Labute approximate surface area is 186 Å². The van der Waals surface area contributed by atoms with Gasteiger partial charge >= 0.3 is 12.1 Å². The van der Waals surface area contributed by atoms with E-state index in [4.69, 9.17) is 19.3 Å². The quantitative estimate of drug-likeness (QED) is 0.567. The second kappa shape index (κ2) is 11.5. The van der Waals surface area contributed by atoms with Crippen LogP contribution >= 0.6 is 0 Å². The van der Waals surface area contributed by atoms with Gasteiger partial charge in [0.05, 0.1) is 26.0 Å². The Morgan fingerprint density at radius 3 is 2.41 bits per heavy atom. The second-order valence-electron chi connectivity index (χ2n) is 7.91. The minimum atomic E-state index is -0.963. The molecule has 1 amide bonds. The highest BCUT2D eigenvalue weighted by Gasteiger charge is 2.23. The van der Waals surface area contributed by atoms with Gasteiger partial charge in [0.25, 0.3) is 0 Å². The summed E-state index contributed by atoms with van der Waals surface area (Å²) in [5, 5.41) is 11.4. The Morgan fingerprint density at radius 1 is 1.06 bits per heavy atom. The third-order valence-electron chi connectivity index (χ3n) is 5.59. The summed E-state index contributed by atoms with van der Waals surface area (Å²) in [7, 11) is 1.52. The van der Waals surface area contributed by atoms with Crippen molar-refractivity contribution in [1.29, 1.82) is 0 Å². The molecule has 0 radical (unpaired) electrons. The zero-order valence-electron chi connectivity index (χ0n) is 18.0. The standard InChI is InChI=1S/C24H28FNO6/c1-30-21-7-3-6-20(23(21)18-4-2-5-19(25)12-18)26-24(29)32-14-17-10-8-16(9-11-17)13-31-15-22(27)28/h2-7,12,16-17H,8-11,13-15H2,1H3,(H,26,29)(H,27,28). The molecule has 0 aromatic heterocycles. The molecule has 2 aromatic carbocycles. The van der Waals surface area contributed by atoms with Gasteiger partial charge in [-0.2, -0.15) is 0 Å². The van der Waals surface area contributed by atoms with Crippen molar-refractivity contribution in [2.75, 3.05) is 32.2 Å². The molecule has 0 heterocycles. The predicted octanol–water partition coefficient (Wildman–Crippen LogP) is 4.96. The van der Waals surface area contributed by atoms with E-state index in [1.807, 2.05) is 0 Å². The summed E-state index contributed by atoms with van der Waals surface area (Å²) in [4.78, 5) is 23.0. The first-order valence-electron chi connectivity index (χ1n) is 10.6. The minimum Gasteiger partial charge on any atom is -0.496 e. The summed E-state index contributed by atoms with van der Waals surface area (Å²) >= 11 is 0. The van der Waals surface area contributed by atoms with Crippen LogP contribution < -0.4 is 10.1 Å². The monoisotopic (exact) mass is 445 g/mol. The third-order valence-corrected chi connectivity index (χ3v) is 5.59. The highest BCUT2D eigenvalue weighted by molar-refractivity contribution is 5.93. The number of nitrogens with one attached hydrogen (secondary N) is 1. The van der Waals surface area contributed by atoms with Gasteiger partial charge in [-0.15, -0.1) is 0 Å². The number of hydrogen-bond donors (Lipinski definition) is 2. The number of carboxylic acid groups (broad SMARTS) is 1.